The molecule has 15 heavy (non-hydrogen) atoms. The molecule has 0 heterocycles. The lowest BCUT2D eigenvalue weighted by atomic mass is 10.0. The molecule has 3 heteroatoms. The summed E-state index contributed by atoms with van der Waals surface area (Å²) in [6, 6.07) is 6.28. The van der Waals surface area contributed by atoms with E-state index >= 15 is 0 Å². The summed E-state index contributed by atoms with van der Waals surface area (Å²) in [5.41, 5.74) is 0.717. The number of hydrogen-bond acceptors (Lipinski definition) is 2. The molecule has 0 fully saturated rings. The molecule has 0 amide bonds. The van der Waals surface area contributed by atoms with Crippen LogP contribution < -0.4 is 5.32 Å². The SMILES string of the molecule is CC(C)CC(CO)Nc1cccc(F)c1. The Hall–Kier alpha value is -1.09. The molecule has 0 radical (unpaired) electrons. The Labute approximate surface area is 90.1 Å². The van der Waals surface area contributed by atoms with E-state index in [1.807, 2.05) is 0 Å². The first kappa shape index (κ1) is 12.0. The number of halogens is 1. The molecule has 0 aliphatic carbocycles. The lowest BCUT2D eigenvalue weighted by molar-refractivity contribution is 0.259. The fraction of sp³-hybridized carbons (Fsp3) is 0.500. The van der Waals surface area contributed by atoms with E-state index in [4.69, 9.17) is 5.11 Å². The highest BCUT2D eigenvalue weighted by Gasteiger charge is 2.09. The van der Waals surface area contributed by atoms with Crippen molar-refractivity contribution in [3.8, 4) is 0 Å². The van der Waals surface area contributed by atoms with Crippen molar-refractivity contribution in [1.29, 1.82) is 0 Å². The number of benzene rings is 1. The zero-order valence-electron chi connectivity index (χ0n) is 9.20. The first-order chi connectivity index (χ1) is 7.11. The monoisotopic (exact) mass is 211 g/mol. The van der Waals surface area contributed by atoms with Gasteiger partial charge in [0.15, 0.2) is 0 Å². The highest BCUT2D eigenvalue weighted by atomic mass is 19.1. The number of nitrogens with one attached hydrogen (secondary N) is 1. The summed E-state index contributed by atoms with van der Waals surface area (Å²) < 4.78 is 12.9. The molecular formula is C12H18FNO. The molecule has 1 aromatic carbocycles. The van der Waals surface area contributed by atoms with E-state index in [0.717, 1.165) is 12.1 Å². The molecule has 2 N–H and O–H groups in total. The van der Waals surface area contributed by atoms with Crippen molar-refractivity contribution < 1.29 is 9.50 Å². The molecule has 0 spiro atoms. The van der Waals surface area contributed by atoms with E-state index in [0.29, 0.717) is 5.92 Å². The minimum atomic E-state index is -0.263. The molecule has 1 rings (SSSR count). The summed E-state index contributed by atoms with van der Waals surface area (Å²) in [6.45, 7) is 4.25. The third-order valence-corrected chi connectivity index (χ3v) is 2.17. The van der Waals surface area contributed by atoms with Crippen LogP contribution in [0, 0.1) is 11.7 Å². The summed E-state index contributed by atoms with van der Waals surface area (Å²) in [5, 5.41) is 12.3. The predicted octanol–water partition coefficient (Wildman–Crippen LogP) is 2.64. The van der Waals surface area contributed by atoms with Gasteiger partial charge in [-0.05, 0) is 30.5 Å². The Morgan fingerprint density at radius 3 is 2.67 bits per heavy atom. The molecule has 0 aliphatic heterocycles. The molecular weight excluding hydrogens is 193 g/mol. The maximum atomic E-state index is 12.9. The Morgan fingerprint density at radius 2 is 2.13 bits per heavy atom. The molecule has 0 aromatic heterocycles. The second-order valence-corrected chi connectivity index (χ2v) is 4.16. The van der Waals surface area contributed by atoms with Gasteiger partial charge in [0.2, 0.25) is 0 Å². The van der Waals surface area contributed by atoms with E-state index in [-0.39, 0.29) is 18.5 Å². The average molecular weight is 211 g/mol. The van der Waals surface area contributed by atoms with Crippen molar-refractivity contribution in [2.75, 3.05) is 11.9 Å². The van der Waals surface area contributed by atoms with Crippen molar-refractivity contribution in [2.24, 2.45) is 5.92 Å². The zero-order valence-corrected chi connectivity index (χ0v) is 9.20. The minimum Gasteiger partial charge on any atom is -0.394 e. The van der Waals surface area contributed by atoms with Crippen LogP contribution in [-0.2, 0) is 0 Å². The van der Waals surface area contributed by atoms with Crippen molar-refractivity contribution in [2.45, 2.75) is 26.3 Å². The van der Waals surface area contributed by atoms with Gasteiger partial charge < -0.3 is 10.4 Å². The van der Waals surface area contributed by atoms with Gasteiger partial charge in [-0.15, -0.1) is 0 Å². The van der Waals surface area contributed by atoms with Gasteiger partial charge in [-0.1, -0.05) is 19.9 Å². The second-order valence-electron chi connectivity index (χ2n) is 4.16. The van der Waals surface area contributed by atoms with Crippen LogP contribution in [0.4, 0.5) is 10.1 Å². The van der Waals surface area contributed by atoms with Crippen molar-refractivity contribution in [3.63, 3.8) is 0 Å². The van der Waals surface area contributed by atoms with E-state index in [1.165, 1.54) is 12.1 Å². The summed E-state index contributed by atoms with van der Waals surface area (Å²) >= 11 is 0. The van der Waals surface area contributed by atoms with Crippen molar-refractivity contribution >= 4 is 5.69 Å². The van der Waals surface area contributed by atoms with Crippen molar-refractivity contribution in [1.82, 2.24) is 0 Å². The molecule has 1 aromatic rings. The lowest BCUT2D eigenvalue weighted by Crippen LogP contribution is -2.25. The maximum absolute atomic E-state index is 12.9. The van der Waals surface area contributed by atoms with Gasteiger partial charge in [0.1, 0.15) is 5.82 Å². The Balaban J connectivity index is 2.58. The van der Waals surface area contributed by atoms with Gasteiger partial charge in [-0.3, -0.25) is 0 Å². The molecule has 0 saturated carbocycles. The highest BCUT2D eigenvalue weighted by molar-refractivity contribution is 5.43. The van der Waals surface area contributed by atoms with Gasteiger partial charge in [0.05, 0.1) is 6.61 Å². The fourth-order valence-corrected chi connectivity index (χ4v) is 1.56. The Kier molecular flexibility index (Phi) is 4.56. The van der Waals surface area contributed by atoms with Crippen LogP contribution in [0.15, 0.2) is 24.3 Å². The van der Waals surface area contributed by atoms with Crippen LogP contribution >= 0.6 is 0 Å². The Bertz CT molecular complexity index is 301. The first-order valence-electron chi connectivity index (χ1n) is 5.24. The molecule has 1 atom stereocenters. The summed E-state index contributed by atoms with van der Waals surface area (Å²) in [7, 11) is 0. The van der Waals surface area contributed by atoms with E-state index in [9.17, 15) is 4.39 Å². The normalized spacial score (nSPS) is 12.9. The molecule has 2 nitrogen and oxygen atoms in total. The predicted molar refractivity (Wildman–Crippen MR) is 60.4 cm³/mol. The van der Waals surface area contributed by atoms with Crippen LogP contribution in [0.25, 0.3) is 0 Å². The Morgan fingerprint density at radius 1 is 1.40 bits per heavy atom. The lowest BCUT2D eigenvalue weighted by Gasteiger charge is -2.19. The third-order valence-electron chi connectivity index (χ3n) is 2.17. The smallest absolute Gasteiger partial charge is 0.125 e. The van der Waals surface area contributed by atoms with Crippen LogP contribution in [0.3, 0.4) is 0 Å². The topological polar surface area (TPSA) is 32.3 Å². The number of aliphatic hydroxyl groups is 1. The number of rotatable bonds is 5. The van der Waals surface area contributed by atoms with Crippen LogP contribution in [0.5, 0.6) is 0 Å². The average Bonchev–Trinajstić information content (AvgIpc) is 2.16. The first-order valence-corrected chi connectivity index (χ1v) is 5.24. The standard InChI is InChI=1S/C12H18FNO/c1-9(2)6-12(8-15)14-11-5-3-4-10(13)7-11/h3-5,7,9,12,14-15H,6,8H2,1-2H3. The minimum absolute atomic E-state index is 0.00759. The van der Waals surface area contributed by atoms with Gasteiger partial charge in [-0.25, -0.2) is 4.39 Å². The van der Waals surface area contributed by atoms with E-state index in [1.54, 1.807) is 12.1 Å². The number of hydrogen-bond donors (Lipinski definition) is 2. The van der Waals surface area contributed by atoms with E-state index in [2.05, 4.69) is 19.2 Å². The number of aliphatic hydroxyl groups excluding tert-OH is 1. The largest absolute Gasteiger partial charge is 0.394 e. The van der Waals surface area contributed by atoms with Gasteiger partial charge >= 0.3 is 0 Å². The molecule has 84 valence electrons. The third kappa shape index (κ3) is 4.30. The summed E-state index contributed by atoms with van der Waals surface area (Å²) in [4.78, 5) is 0. The zero-order chi connectivity index (χ0) is 11.3. The van der Waals surface area contributed by atoms with Gasteiger partial charge in [0.25, 0.3) is 0 Å². The van der Waals surface area contributed by atoms with Crippen LogP contribution in [-0.4, -0.2) is 17.8 Å². The van der Waals surface area contributed by atoms with Crippen molar-refractivity contribution in [3.05, 3.63) is 30.1 Å². The fourth-order valence-electron chi connectivity index (χ4n) is 1.56. The molecule has 0 bridgehead atoms. The van der Waals surface area contributed by atoms with E-state index < -0.39 is 0 Å². The van der Waals surface area contributed by atoms with Crippen LogP contribution in [0.2, 0.25) is 0 Å². The molecule has 0 aliphatic rings. The highest BCUT2D eigenvalue weighted by Crippen LogP contribution is 2.14. The van der Waals surface area contributed by atoms with Crippen LogP contribution in [0.1, 0.15) is 20.3 Å². The summed E-state index contributed by atoms with van der Waals surface area (Å²) in [5.74, 6) is 0.240. The quantitative estimate of drug-likeness (QED) is 0.784. The maximum Gasteiger partial charge on any atom is 0.125 e. The summed E-state index contributed by atoms with van der Waals surface area (Å²) in [6.07, 6.45) is 0.868. The van der Waals surface area contributed by atoms with Gasteiger partial charge in [-0.2, -0.15) is 0 Å². The second kappa shape index (κ2) is 5.71. The van der Waals surface area contributed by atoms with Gasteiger partial charge in [0, 0.05) is 11.7 Å². The molecule has 0 saturated heterocycles. The number of anilines is 1. The molecule has 1 unspecified atom stereocenters.